The van der Waals surface area contributed by atoms with Crippen LogP contribution in [-0.2, 0) is 15.6 Å². The lowest BCUT2D eigenvalue weighted by atomic mass is 9.77. The molecule has 31 heavy (non-hydrogen) atoms. The number of methoxy groups -OCH3 is 1. The van der Waals surface area contributed by atoms with E-state index in [1.54, 1.807) is 13.2 Å². The summed E-state index contributed by atoms with van der Waals surface area (Å²) in [4.78, 5) is 23.8. The number of carbonyl (C=O) groups excluding carboxylic acids is 2. The number of hydrogen-bond donors (Lipinski definition) is 2. The minimum absolute atomic E-state index is 0.258. The average Bonchev–Trinajstić information content (AvgIpc) is 2.97. The van der Waals surface area contributed by atoms with Gasteiger partial charge in [-0.25, -0.2) is 0 Å². The summed E-state index contributed by atoms with van der Waals surface area (Å²) >= 11 is 0.891. The van der Waals surface area contributed by atoms with Crippen LogP contribution in [0.5, 0.6) is 11.5 Å². The maximum atomic E-state index is 11.9. The largest absolute Gasteiger partial charge is 0.507 e. The first-order chi connectivity index (χ1) is 14.3. The molecule has 0 bridgehead atoms. The summed E-state index contributed by atoms with van der Waals surface area (Å²) in [7, 11) is 1.62. The van der Waals surface area contributed by atoms with Gasteiger partial charge in [0.05, 0.1) is 12.0 Å². The number of carbonyl (C=O) groups is 2. The van der Waals surface area contributed by atoms with Crippen LogP contribution in [0.2, 0.25) is 0 Å². The van der Waals surface area contributed by atoms with Crippen molar-refractivity contribution in [3.63, 3.8) is 0 Å². The van der Waals surface area contributed by atoms with Gasteiger partial charge in [-0.15, -0.1) is 0 Å². The van der Waals surface area contributed by atoms with Gasteiger partial charge in [0.25, 0.3) is 11.1 Å². The number of imide groups is 1. The highest BCUT2D eigenvalue weighted by atomic mass is 32.2. The minimum atomic E-state index is -0.387. The molecule has 2 aromatic rings. The predicted molar refractivity (Wildman–Crippen MR) is 127 cm³/mol. The van der Waals surface area contributed by atoms with Gasteiger partial charge < -0.3 is 9.84 Å². The van der Waals surface area contributed by atoms with Crippen LogP contribution in [-0.4, -0.2) is 23.4 Å². The average molecular weight is 440 g/mol. The van der Waals surface area contributed by atoms with Crippen molar-refractivity contribution in [3.8, 4) is 22.6 Å². The van der Waals surface area contributed by atoms with E-state index in [1.807, 2.05) is 30.3 Å². The number of aromatic hydroxyl groups is 1. The van der Waals surface area contributed by atoms with Gasteiger partial charge in [0.1, 0.15) is 11.5 Å². The Morgan fingerprint density at radius 3 is 2.00 bits per heavy atom. The number of nitrogens with one attached hydrogen (secondary N) is 1. The molecule has 164 valence electrons. The van der Waals surface area contributed by atoms with E-state index >= 15 is 0 Å². The predicted octanol–water partition coefficient (Wildman–Crippen LogP) is 5.99. The second-order valence-electron chi connectivity index (χ2n) is 9.73. The van der Waals surface area contributed by atoms with E-state index in [-0.39, 0.29) is 22.0 Å². The van der Waals surface area contributed by atoms with Gasteiger partial charge in [0, 0.05) is 16.7 Å². The van der Waals surface area contributed by atoms with Crippen molar-refractivity contribution in [2.24, 2.45) is 0 Å². The molecule has 1 fully saturated rings. The van der Waals surface area contributed by atoms with E-state index in [0.29, 0.717) is 16.4 Å². The fourth-order valence-electron chi connectivity index (χ4n) is 3.55. The van der Waals surface area contributed by atoms with Gasteiger partial charge in [-0.3, -0.25) is 14.9 Å². The van der Waals surface area contributed by atoms with Crippen molar-refractivity contribution in [2.45, 2.75) is 52.4 Å². The summed E-state index contributed by atoms with van der Waals surface area (Å²) in [6, 6.07) is 9.64. The Bertz CT molecular complexity index is 1050. The van der Waals surface area contributed by atoms with E-state index in [4.69, 9.17) is 4.74 Å². The van der Waals surface area contributed by atoms with Crippen molar-refractivity contribution in [3.05, 3.63) is 51.9 Å². The van der Waals surface area contributed by atoms with Gasteiger partial charge in [0.15, 0.2) is 0 Å². The van der Waals surface area contributed by atoms with E-state index in [9.17, 15) is 14.7 Å². The van der Waals surface area contributed by atoms with Crippen molar-refractivity contribution in [2.75, 3.05) is 7.11 Å². The number of benzene rings is 2. The van der Waals surface area contributed by atoms with Crippen molar-refractivity contribution in [1.82, 2.24) is 5.32 Å². The van der Waals surface area contributed by atoms with E-state index in [2.05, 4.69) is 46.9 Å². The van der Waals surface area contributed by atoms with Crippen LogP contribution in [0.4, 0.5) is 4.79 Å². The maximum absolute atomic E-state index is 11.9. The Morgan fingerprint density at radius 1 is 0.968 bits per heavy atom. The summed E-state index contributed by atoms with van der Waals surface area (Å²) in [5.74, 6) is 0.618. The first kappa shape index (κ1) is 22.9. The van der Waals surface area contributed by atoms with Crippen LogP contribution in [0.3, 0.4) is 0 Å². The highest BCUT2D eigenvalue weighted by Crippen LogP contribution is 2.44. The molecule has 0 atom stereocenters. The molecule has 0 aromatic heterocycles. The third-order valence-corrected chi connectivity index (χ3v) is 6.01. The molecule has 0 radical (unpaired) electrons. The zero-order chi connectivity index (χ0) is 23.1. The zero-order valence-corrected chi connectivity index (χ0v) is 19.9. The monoisotopic (exact) mass is 439 g/mol. The molecule has 5 nitrogen and oxygen atoms in total. The molecular formula is C25H29NO4S. The minimum Gasteiger partial charge on any atom is -0.507 e. The van der Waals surface area contributed by atoms with E-state index in [1.165, 1.54) is 0 Å². The SMILES string of the molecule is COc1ccc(/C=C2\SC(=O)NC2=O)cc1-c1cc(C(C)(C)C)c(O)c(C(C)(C)C)c1. The van der Waals surface area contributed by atoms with Gasteiger partial charge in [0.2, 0.25) is 0 Å². The molecule has 2 amide bonds. The van der Waals surface area contributed by atoms with Crippen molar-refractivity contribution in [1.29, 1.82) is 0 Å². The van der Waals surface area contributed by atoms with Gasteiger partial charge in [-0.1, -0.05) is 47.6 Å². The molecule has 3 rings (SSSR count). The first-order valence-corrected chi connectivity index (χ1v) is 10.9. The molecule has 1 saturated heterocycles. The molecule has 1 aliphatic rings. The number of rotatable bonds is 3. The van der Waals surface area contributed by atoms with Crippen LogP contribution in [0.1, 0.15) is 58.2 Å². The number of phenols is 1. The first-order valence-electron chi connectivity index (χ1n) is 10.1. The molecule has 0 saturated carbocycles. The van der Waals surface area contributed by atoms with Crippen molar-refractivity contribution < 1.29 is 19.4 Å². The summed E-state index contributed by atoms with van der Waals surface area (Å²) in [5.41, 5.74) is 3.75. The highest BCUT2D eigenvalue weighted by molar-refractivity contribution is 8.18. The van der Waals surface area contributed by atoms with Crippen LogP contribution in [0, 0.1) is 0 Å². The van der Waals surface area contributed by atoms with Gasteiger partial charge in [-0.05, 0) is 64.1 Å². The second kappa shape index (κ2) is 8.08. The van der Waals surface area contributed by atoms with Gasteiger partial charge >= 0.3 is 0 Å². The molecule has 0 unspecified atom stereocenters. The molecule has 6 heteroatoms. The van der Waals surface area contributed by atoms with E-state index < -0.39 is 0 Å². The number of hydrogen-bond acceptors (Lipinski definition) is 5. The molecule has 2 N–H and O–H groups in total. The third-order valence-electron chi connectivity index (χ3n) is 5.20. The molecule has 2 aromatic carbocycles. The quantitative estimate of drug-likeness (QED) is 0.575. The maximum Gasteiger partial charge on any atom is 0.290 e. The molecule has 1 heterocycles. The Labute approximate surface area is 187 Å². The molecule has 0 spiro atoms. The Kier molecular flexibility index (Phi) is 5.98. The number of phenolic OH excluding ortho intramolecular Hbond substituents is 1. The molecular weight excluding hydrogens is 410 g/mol. The second-order valence-corrected chi connectivity index (χ2v) is 10.7. The lowest BCUT2D eigenvalue weighted by molar-refractivity contribution is -0.115. The highest BCUT2D eigenvalue weighted by Gasteiger charge is 2.28. The number of thioether (sulfide) groups is 1. The Morgan fingerprint density at radius 2 is 1.55 bits per heavy atom. The van der Waals surface area contributed by atoms with Crippen LogP contribution >= 0.6 is 11.8 Å². The summed E-state index contributed by atoms with van der Waals surface area (Å²) in [5, 5.41) is 12.9. The fourth-order valence-corrected chi connectivity index (χ4v) is 4.23. The Hall–Kier alpha value is -2.73. The zero-order valence-electron chi connectivity index (χ0n) is 19.0. The third kappa shape index (κ3) is 4.79. The number of amides is 2. The standard InChI is InChI=1S/C25H29NO4S/c1-24(2,3)17-12-15(13-18(21(17)27)25(4,5)6)16-10-14(8-9-19(16)30-7)11-20-22(28)26-23(29)31-20/h8-13,27H,1-7H3,(H,26,28,29)/b20-11-. The number of ether oxygens (including phenoxy) is 1. The lowest BCUT2D eigenvalue weighted by Crippen LogP contribution is -2.17. The normalized spacial score (nSPS) is 16.0. The lowest BCUT2D eigenvalue weighted by Gasteiger charge is -2.28. The van der Waals surface area contributed by atoms with Crippen LogP contribution in [0.15, 0.2) is 35.2 Å². The smallest absolute Gasteiger partial charge is 0.290 e. The Balaban J connectivity index is 2.23. The van der Waals surface area contributed by atoms with Crippen LogP contribution in [0.25, 0.3) is 17.2 Å². The topological polar surface area (TPSA) is 75.6 Å². The molecule has 1 aliphatic heterocycles. The summed E-state index contributed by atoms with van der Waals surface area (Å²) in [6.45, 7) is 12.4. The molecule has 0 aliphatic carbocycles. The van der Waals surface area contributed by atoms with Gasteiger partial charge in [-0.2, -0.15) is 0 Å². The van der Waals surface area contributed by atoms with Crippen LogP contribution < -0.4 is 10.1 Å². The van der Waals surface area contributed by atoms with Crippen molar-refractivity contribution >= 4 is 29.0 Å². The summed E-state index contributed by atoms with van der Waals surface area (Å²) < 4.78 is 5.62. The summed E-state index contributed by atoms with van der Waals surface area (Å²) in [6.07, 6.45) is 1.70. The van der Waals surface area contributed by atoms with E-state index in [0.717, 1.165) is 39.6 Å². The fraction of sp³-hybridized carbons (Fsp3) is 0.360.